The Kier molecular flexibility index (Phi) is 9.19. The van der Waals surface area contributed by atoms with Gasteiger partial charge in [0, 0.05) is 34.5 Å². The molecule has 0 aliphatic carbocycles. The third-order valence-corrected chi connectivity index (χ3v) is 6.15. The van der Waals surface area contributed by atoms with Crippen molar-refractivity contribution in [3.63, 3.8) is 0 Å². The molecule has 35 heavy (non-hydrogen) atoms. The lowest BCUT2D eigenvalue weighted by atomic mass is 10.2. The maximum atomic E-state index is 13.2. The molecule has 2 N–H and O–H groups in total. The second kappa shape index (κ2) is 12.3. The van der Waals surface area contributed by atoms with Gasteiger partial charge in [-0.3, -0.25) is 14.8 Å². The summed E-state index contributed by atoms with van der Waals surface area (Å²) in [5.41, 5.74) is 4.25. The van der Waals surface area contributed by atoms with Crippen molar-refractivity contribution in [3.05, 3.63) is 65.0 Å². The molecule has 8 nitrogen and oxygen atoms in total. The van der Waals surface area contributed by atoms with Crippen LogP contribution < -0.4 is 20.1 Å². The number of hydrogen-bond acceptors (Lipinski definition) is 6. The van der Waals surface area contributed by atoms with Gasteiger partial charge in [-0.25, -0.2) is 4.99 Å². The highest BCUT2D eigenvalue weighted by molar-refractivity contribution is 7.98. The molecule has 0 fully saturated rings. The first-order chi connectivity index (χ1) is 16.9. The second-order valence-corrected chi connectivity index (χ2v) is 8.66. The number of rotatable bonds is 9. The molecule has 0 aliphatic heterocycles. The van der Waals surface area contributed by atoms with E-state index in [1.165, 1.54) is 0 Å². The summed E-state index contributed by atoms with van der Waals surface area (Å²) in [6.45, 7) is 9.12. The fourth-order valence-corrected chi connectivity index (χ4v) is 3.98. The Labute approximate surface area is 211 Å². The van der Waals surface area contributed by atoms with Gasteiger partial charge in [-0.15, -0.1) is 11.8 Å². The third kappa shape index (κ3) is 6.79. The van der Waals surface area contributed by atoms with E-state index in [0.29, 0.717) is 42.8 Å². The molecule has 0 bridgehead atoms. The number of amides is 1. The first-order valence-electron chi connectivity index (χ1n) is 11.5. The van der Waals surface area contributed by atoms with Crippen molar-refractivity contribution < 1.29 is 14.3 Å². The van der Waals surface area contributed by atoms with Gasteiger partial charge in [-0.2, -0.15) is 5.10 Å². The summed E-state index contributed by atoms with van der Waals surface area (Å²) in [5.74, 6) is 1.18. The fraction of sp³-hybridized carbons (Fsp3) is 0.346. The highest BCUT2D eigenvalue weighted by Crippen LogP contribution is 2.28. The predicted octanol–water partition coefficient (Wildman–Crippen LogP) is 4.95. The van der Waals surface area contributed by atoms with Gasteiger partial charge >= 0.3 is 0 Å². The van der Waals surface area contributed by atoms with Crippen molar-refractivity contribution in [2.24, 2.45) is 12.0 Å². The Bertz CT molecular complexity index is 1210. The summed E-state index contributed by atoms with van der Waals surface area (Å²) in [7, 11) is 1.91. The van der Waals surface area contributed by atoms with Crippen LogP contribution in [-0.4, -0.2) is 41.1 Å². The minimum absolute atomic E-state index is 0.305. The zero-order valence-electron chi connectivity index (χ0n) is 21.1. The Morgan fingerprint density at radius 1 is 1.09 bits per heavy atom. The van der Waals surface area contributed by atoms with Crippen molar-refractivity contribution in [3.8, 4) is 11.5 Å². The Morgan fingerprint density at radius 3 is 2.49 bits per heavy atom. The molecular formula is C26H33N5O3S. The van der Waals surface area contributed by atoms with E-state index < -0.39 is 0 Å². The first-order valence-corrected chi connectivity index (χ1v) is 12.7. The van der Waals surface area contributed by atoms with Gasteiger partial charge < -0.3 is 14.8 Å². The van der Waals surface area contributed by atoms with Crippen molar-refractivity contribution in [1.82, 2.24) is 15.1 Å². The van der Waals surface area contributed by atoms with Gasteiger partial charge in [0.05, 0.1) is 25.5 Å². The van der Waals surface area contributed by atoms with E-state index in [-0.39, 0.29) is 5.91 Å². The van der Waals surface area contributed by atoms with E-state index in [4.69, 9.17) is 14.5 Å². The van der Waals surface area contributed by atoms with Gasteiger partial charge in [0.2, 0.25) is 5.96 Å². The number of benzene rings is 2. The average molecular weight is 496 g/mol. The predicted molar refractivity (Wildman–Crippen MR) is 142 cm³/mol. The molecule has 9 heteroatoms. The molecule has 1 aromatic heterocycles. The molecule has 0 radical (unpaired) electrons. The van der Waals surface area contributed by atoms with Crippen LogP contribution in [0.3, 0.4) is 0 Å². The molecule has 0 spiro atoms. The maximum Gasteiger partial charge on any atom is 0.258 e. The van der Waals surface area contributed by atoms with Crippen LogP contribution in [0.5, 0.6) is 11.5 Å². The number of carbonyl (C=O) groups is 1. The molecule has 0 aliphatic rings. The standard InChI is InChI=1S/C26H33N5O3S/c1-7-33-23-13-12-19(14-24(23)34-8-2)25(32)29-26(28-20-10-9-11-21(15-20)35-6)27-16-22-17(3)30-31(5)18(22)4/h9-15H,7-8,16H2,1-6H3,(H2,27,28,29,32). The van der Waals surface area contributed by atoms with Crippen LogP contribution in [0.15, 0.2) is 52.4 Å². The largest absolute Gasteiger partial charge is 0.490 e. The van der Waals surface area contributed by atoms with Crippen LogP contribution in [-0.2, 0) is 13.6 Å². The van der Waals surface area contributed by atoms with E-state index in [2.05, 4.69) is 15.7 Å². The third-order valence-electron chi connectivity index (χ3n) is 5.42. The first kappa shape index (κ1) is 26.2. The molecule has 0 atom stereocenters. The monoisotopic (exact) mass is 495 g/mol. The SMILES string of the molecule is CCOc1ccc(C(=O)NC(=NCc2c(C)nn(C)c2C)Nc2cccc(SC)c2)cc1OCC. The number of aliphatic imine (C=N–C) groups is 1. The normalized spacial score (nSPS) is 11.3. The topological polar surface area (TPSA) is 89.8 Å². The van der Waals surface area contributed by atoms with Crippen molar-refractivity contribution in [1.29, 1.82) is 0 Å². The van der Waals surface area contributed by atoms with Gasteiger partial charge in [0.25, 0.3) is 5.91 Å². The van der Waals surface area contributed by atoms with E-state index in [9.17, 15) is 4.79 Å². The van der Waals surface area contributed by atoms with Crippen LogP contribution in [0.2, 0.25) is 0 Å². The summed E-state index contributed by atoms with van der Waals surface area (Å²) in [4.78, 5) is 19.0. The van der Waals surface area contributed by atoms with E-state index in [1.54, 1.807) is 30.0 Å². The van der Waals surface area contributed by atoms with Gasteiger partial charge in [-0.05, 0) is 70.3 Å². The number of hydrogen-bond donors (Lipinski definition) is 2. The summed E-state index contributed by atoms with van der Waals surface area (Å²) in [5, 5.41) is 10.7. The van der Waals surface area contributed by atoms with Crippen LogP contribution in [0.4, 0.5) is 5.69 Å². The van der Waals surface area contributed by atoms with Crippen LogP contribution in [0.25, 0.3) is 0 Å². The number of nitrogens with one attached hydrogen (secondary N) is 2. The number of aromatic nitrogens is 2. The lowest BCUT2D eigenvalue weighted by molar-refractivity contribution is 0.0976. The number of carbonyl (C=O) groups excluding carboxylic acids is 1. The molecule has 186 valence electrons. The zero-order chi connectivity index (χ0) is 25.4. The van der Waals surface area contributed by atoms with Crippen LogP contribution >= 0.6 is 11.8 Å². The number of guanidine groups is 1. The molecule has 1 amide bonds. The summed E-state index contributed by atoms with van der Waals surface area (Å²) in [6.07, 6.45) is 2.02. The molecule has 1 heterocycles. The lowest BCUT2D eigenvalue weighted by Gasteiger charge is -2.15. The second-order valence-electron chi connectivity index (χ2n) is 7.78. The van der Waals surface area contributed by atoms with Gasteiger partial charge in [0.15, 0.2) is 11.5 Å². The Hall–Kier alpha value is -3.46. The van der Waals surface area contributed by atoms with Crippen molar-refractivity contribution >= 4 is 29.3 Å². The molecule has 3 rings (SSSR count). The summed E-state index contributed by atoms with van der Waals surface area (Å²) in [6, 6.07) is 13.1. The van der Waals surface area contributed by atoms with E-state index >= 15 is 0 Å². The van der Waals surface area contributed by atoms with Crippen LogP contribution in [0.1, 0.15) is 41.2 Å². The number of aryl methyl sites for hydroxylation is 2. The molecule has 0 unspecified atom stereocenters. The minimum Gasteiger partial charge on any atom is -0.490 e. The number of anilines is 1. The Balaban J connectivity index is 1.89. The Morgan fingerprint density at radius 2 is 1.83 bits per heavy atom. The zero-order valence-corrected chi connectivity index (χ0v) is 22.0. The van der Waals surface area contributed by atoms with E-state index in [0.717, 1.165) is 27.5 Å². The van der Waals surface area contributed by atoms with Gasteiger partial charge in [-0.1, -0.05) is 6.07 Å². The minimum atomic E-state index is -0.305. The number of ether oxygens (including phenoxy) is 2. The highest BCUT2D eigenvalue weighted by Gasteiger charge is 2.15. The number of thioether (sulfide) groups is 1. The molecule has 3 aromatic rings. The van der Waals surface area contributed by atoms with Crippen molar-refractivity contribution in [2.75, 3.05) is 24.8 Å². The maximum absolute atomic E-state index is 13.2. The average Bonchev–Trinajstić information content (AvgIpc) is 3.09. The number of nitrogens with zero attached hydrogens (tertiary/aromatic N) is 3. The summed E-state index contributed by atoms with van der Waals surface area (Å²) >= 11 is 1.65. The summed E-state index contributed by atoms with van der Waals surface area (Å²) < 4.78 is 13.1. The molecular weight excluding hydrogens is 462 g/mol. The highest BCUT2D eigenvalue weighted by atomic mass is 32.2. The quantitative estimate of drug-likeness (QED) is 0.248. The molecule has 0 saturated heterocycles. The molecule has 2 aromatic carbocycles. The van der Waals surface area contributed by atoms with Gasteiger partial charge in [0.1, 0.15) is 0 Å². The van der Waals surface area contributed by atoms with Crippen molar-refractivity contribution in [2.45, 2.75) is 39.1 Å². The lowest BCUT2D eigenvalue weighted by Crippen LogP contribution is -2.36. The fourth-order valence-electron chi connectivity index (χ4n) is 3.52. The molecule has 0 saturated carbocycles. The van der Waals surface area contributed by atoms with Crippen LogP contribution in [0, 0.1) is 13.8 Å². The smallest absolute Gasteiger partial charge is 0.258 e. The van der Waals surface area contributed by atoms with E-state index in [1.807, 2.05) is 69.9 Å².